The number of aromatic nitrogens is 4. The zero-order valence-corrected chi connectivity index (χ0v) is 16.7. The first-order valence-corrected chi connectivity index (χ1v) is 10.2. The van der Waals surface area contributed by atoms with Crippen LogP contribution in [0.3, 0.4) is 0 Å². The summed E-state index contributed by atoms with van der Waals surface area (Å²) in [6.07, 6.45) is 1.88. The predicted octanol–water partition coefficient (Wildman–Crippen LogP) is 1.89. The van der Waals surface area contributed by atoms with Crippen LogP contribution in [0.15, 0.2) is 36.5 Å². The van der Waals surface area contributed by atoms with Gasteiger partial charge in [-0.2, -0.15) is 0 Å². The molecule has 2 aliphatic heterocycles. The maximum atomic E-state index is 5.47. The lowest BCUT2D eigenvalue weighted by Gasteiger charge is -2.36. The van der Waals surface area contributed by atoms with Gasteiger partial charge >= 0.3 is 0 Å². The topological polar surface area (TPSA) is 70.5 Å². The molecule has 2 fully saturated rings. The number of piperazine rings is 1. The monoisotopic (exact) mass is 391 g/mol. The molecule has 0 atom stereocenters. The highest BCUT2D eigenvalue weighted by Gasteiger charge is 2.22. The molecule has 29 heavy (non-hydrogen) atoms. The standard InChI is InChI=1S/C21H25N7O/c1-16-23-19(14-20(24-16)28-10-12-29-13-11-28)26-6-8-27(9-7-26)21-15-22-17-4-2-3-5-18(17)25-21/h2-5,14-15H,6-13H2,1H3. The summed E-state index contributed by atoms with van der Waals surface area (Å²) in [6.45, 7) is 8.81. The molecule has 0 amide bonds. The van der Waals surface area contributed by atoms with Crippen molar-refractivity contribution < 1.29 is 4.74 Å². The van der Waals surface area contributed by atoms with E-state index in [0.717, 1.165) is 86.8 Å². The van der Waals surface area contributed by atoms with Crippen LogP contribution in [0.4, 0.5) is 17.5 Å². The van der Waals surface area contributed by atoms with E-state index in [1.54, 1.807) is 0 Å². The van der Waals surface area contributed by atoms with E-state index in [1.807, 2.05) is 37.4 Å². The molecule has 2 aliphatic rings. The second kappa shape index (κ2) is 7.79. The maximum absolute atomic E-state index is 5.47. The van der Waals surface area contributed by atoms with Crippen LogP contribution < -0.4 is 14.7 Å². The number of ether oxygens (including phenoxy) is 1. The van der Waals surface area contributed by atoms with E-state index in [2.05, 4.69) is 30.7 Å². The van der Waals surface area contributed by atoms with Gasteiger partial charge in [-0.3, -0.25) is 4.98 Å². The quantitative estimate of drug-likeness (QED) is 0.670. The number of morpholine rings is 1. The second-order valence-electron chi connectivity index (χ2n) is 7.42. The Labute approximate surface area is 170 Å². The van der Waals surface area contributed by atoms with E-state index in [9.17, 15) is 0 Å². The molecule has 0 N–H and O–H groups in total. The summed E-state index contributed by atoms with van der Waals surface area (Å²) in [6, 6.07) is 10.1. The van der Waals surface area contributed by atoms with Crippen LogP contribution >= 0.6 is 0 Å². The normalized spacial score (nSPS) is 17.8. The van der Waals surface area contributed by atoms with Gasteiger partial charge in [-0.25, -0.2) is 15.0 Å². The zero-order chi connectivity index (χ0) is 19.6. The van der Waals surface area contributed by atoms with Gasteiger partial charge in [0.1, 0.15) is 23.3 Å². The Morgan fingerprint density at radius 3 is 2.00 bits per heavy atom. The summed E-state index contributed by atoms with van der Waals surface area (Å²) in [5.74, 6) is 3.75. The van der Waals surface area contributed by atoms with E-state index in [4.69, 9.17) is 14.7 Å². The minimum Gasteiger partial charge on any atom is -0.378 e. The summed E-state index contributed by atoms with van der Waals surface area (Å²) in [7, 11) is 0. The average Bonchev–Trinajstić information content (AvgIpc) is 2.79. The molecule has 0 aliphatic carbocycles. The highest BCUT2D eigenvalue weighted by Crippen LogP contribution is 2.23. The smallest absolute Gasteiger partial charge is 0.147 e. The van der Waals surface area contributed by atoms with Crippen molar-refractivity contribution in [2.45, 2.75) is 6.92 Å². The third kappa shape index (κ3) is 3.80. The van der Waals surface area contributed by atoms with Gasteiger partial charge in [-0.15, -0.1) is 0 Å². The fourth-order valence-electron chi connectivity index (χ4n) is 3.92. The largest absolute Gasteiger partial charge is 0.378 e. The molecular weight excluding hydrogens is 366 g/mol. The van der Waals surface area contributed by atoms with Crippen LogP contribution in [0, 0.1) is 6.92 Å². The number of hydrogen-bond donors (Lipinski definition) is 0. The third-order valence-electron chi connectivity index (χ3n) is 5.51. The van der Waals surface area contributed by atoms with E-state index < -0.39 is 0 Å². The second-order valence-corrected chi connectivity index (χ2v) is 7.42. The summed E-state index contributed by atoms with van der Waals surface area (Å²) in [5, 5.41) is 0. The number of aryl methyl sites for hydroxylation is 1. The SMILES string of the molecule is Cc1nc(N2CCOCC2)cc(N2CCN(c3cnc4ccccc4n3)CC2)n1. The average molecular weight is 391 g/mol. The van der Waals surface area contributed by atoms with Crippen molar-refractivity contribution in [2.75, 3.05) is 67.2 Å². The Balaban J connectivity index is 1.30. The molecule has 1 aromatic carbocycles. The van der Waals surface area contributed by atoms with Crippen LogP contribution in [-0.4, -0.2) is 72.4 Å². The van der Waals surface area contributed by atoms with Gasteiger partial charge in [0.15, 0.2) is 0 Å². The van der Waals surface area contributed by atoms with Crippen molar-refractivity contribution in [3.8, 4) is 0 Å². The van der Waals surface area contributed by atoms with Crippen LogP contribution in [0.25, 0.3) is 11.0 Å². The fourth-order valence-corrected chi connectivity index (χ4v) is 3.92. The Hall–Kier alpha value is -3.00. The maximum Gasteiger partial charge on any atom is 0.147 e. The van der Waals surface area contributed by atoms with Gasteiger partial charge in [0, 0.05) is 45.3 Å². The summed E-state index contributed by atoms with van der Waals surface area (Å²) >= 11 is 0. The van der Waals surface area contributed by atoms with Crippen LogP contribution in [0.5, 0.6) is 0 Å². The molecule has 5 rings (SSSR count). The molecule has 2 saturated heterocycles. The lowest BCUT2D eigenvalue weighted by Crippen LogP contribution is -2.47. The number of nitrogens with zero attached hydrogens (tertiary/aromatic N) is 7. The van der Waals surface area contributed by atoms with Crippen molar-refractivity contribution >= 4 is 28.5 Å². The van der Waals surface area contributed by atoms with Crippen molar-refractivity contribution in [1.29, 1.82) is 0 Å². The van der Waals surface area contributed by atoms with Crippen molar-refractivity contribution in [3.63, 3.8) is 0 Å². The Morgan fingerprint density at radius 1 is 0.724 bits per heavy atom. The molecule has 3 aromatic rings. The highest BCUT2D eigenvalue weighted by atomic mass is 16.5. The summed E-state index contributed by atoms with van der Waals surface area (Å²) in [5.41, 5.74) is 1.87. The first-order chi connectivity index (χ1) is 14.3. The fraction of sp³-hybridized carbons (Fsp3) is 0.429. The van der Waals surface area contributed by atoms with Crippen LogP contribution in [0.2, 0.25) is 0 Å². The molecule has 2 aromatic heterocycles. The van der Waals surface area contributed by atoms with Gasteiger partial charge in [0.2, 0.25) is 0 Å². The Morgan fingerprint density at radius 2 is 1.31 bits per heavy atom. The zero-order valence-electron chi connectivity index (χ0n) is 16.7. The molecular formula is C21H25N7O. The first-order valence-electron chi connectivity index (χ1n) is 10.2. The van der Waals surface area contributed by atoms with Gasteiger partial charge in [-0.05, 0) is 19.1 Å². The minimum absolute atomic E-state index is 0.754. The molecule has 0 spiro atoms. The van der Waals surface area contributed by atoms with Gasteiger partial charge in [0.05, 0.1) is 30.4 Å². The predicted molar refractivity (Wildman–Crippen MR) is 114 cm³/mol. The minimum atomic E-state index is 0.754. The first kappa shape index (κ1) is 18.1. The number of hydrogen-bond acceptors (Lipinski definition) is 8. The Kier molecular flexibility index (Phi) is 4.85. The Bertz CT molecular complexity index is 997. The number of fused-ring (bicyclic) bond motifs is 1. The molecule has 0 saturated carbocycles. The van der Waals surface area contributed by atoms with E-state index in [1.165, 1.54) is 0 Å². The van der Waals surface area contributed by atoms with Gasteiger partial charge < -0.3 is 19.4 Å². The summed E-state index contributed by atoms with van der Waals surface area (Å²) in [4.78, 5) is 25.6. The lowest BCUT2D eigenvalue weighted by molar-refractivity contribution is 0.122. The lowest BCUT2D eigenvalue weighted by atomic mass is 10.3. The van der Waals surface area contributed by atoms with Gasteiger partial charge in [0.25, 0.3) is 0 Å². The third-order valence-corrected chi connectivity index (χ3v) is 5.51. The van der Waals surface area contributed by atoms with Crippen LogP contribution in [0.1, 0.15) is 5.82 Å². The molecule has 0 unspecified atom stereocenters. The van der Waals surface area contributed by atoms with E-state index in [-0.39, 0.29) is 0 Å². The molecule has 150 valence electrons. The molecule has 0 radical (unpaired) electrons. The summed E-state index contributed by atoms with van der Waals surface area (Å²) < 4.78 is 5.47. The number of benzene rings is 1. The molecule has 8 heteroatoms. The van der Waals surface area contributed by atoms with E-state index in [0.29, 0.717) is 0 Å². The number of para-hydroxylation sites is 2. The van der Waals surface area contributed by atoms with Gasteiger partial charge in [-0.1, -0.05) is 12.1 Å². The highest BCUT2D eigenvalue weighted by molar-refractivity contribution is 5.75. The number of rotatable bonds is 3. The van der Waals surface area contributed by atoms with Crippen molar-refractivity contribution in [3.05, 3.63) is 42.4 Å². The van der Waals surface area contributed by atoms with E-state index >= 15 is 0 Å². The molecule has 4 heterocycles. The van der Waals surface area contributed by atoms with Crippen molar-refractivity contribution in [1.82, 2.24) is 19.9 Å². The number of anilines is 3. The van der Waals surface area contributed by atoms with Crippen molar-refractivity contribution in [2.24, 2.45) is 0 Å². The molecule has 8 nitrogen and oxygen atoms in total. The van der Waals surface area contributed by atoms with Crippen LogP contribution in [-0.2, 0) is 4.74 Å². The molecule has 0 bridgehead atoms.